The Kier molecular flexibility index (Phi) is 4.16. The van der Waals surface area contributed by atoms with Crippen LogP contribution in [0.25, 0.3) is 22.5 Å². The largest absolute Gasteiger partial charge is 0.364 e. The van der Waals surface area contributed by atoms with Crippen molar-refractivity contribution in [1.29, 1.82) is 0 Å². The summed E-state index contributed by atoms with van der Waals surface area (Å²) in [5.74, 6) is -0.328. The molecule has 0 saturated heterocycles. The van der Waals surface area contributed by atoms with Crippen molar-refractivity contribution in [2.45, 2.75) is 26.8 Å². The van der Waals surface area contributed by atoms with Gasteiger partial charge < -0.3 is 9.84 Å². The first-order chi connectivity index (χ1) is 11.5. The van der Waals surface area contributed by atoms with E-state index in [1.165, 1.54) is 23.1 Å². The molecule has 3 aromatic rings. The fourth-order valence-electron chi connectivity index (χ4n) is 2.34. The second-order valence-electron chi connectivity index (χ2n) is 5.75. The molecule has 0 bridgehead atoms. The first kappa shape index (κ1) is 15.9. The fraction of sp³-hybridized carbons (Fsp3) is 0.235. The summed E-state index contributed by atoms with van der Waals surface area (Å²) in [4.78, 5) is 12.5. The van der Waals surface area contributed by atoms with Crippen molar-refractivity contribution in [2.24, 2.45) is 0 Å². The Hall–Kier alpha value is -2.96. The van der Waals surface area contributed by atoms with E-state index in [2.05, 4.69) is 15.6 Å². The van der Waals surface area contributed by atoms with E-state index in [9.17, 15) is 9.18 Å². The van der Waals surface area contributed by atoms with E-state index in [1.807, 2.05) is 13.8 Å². The number of rotatable bonds is 3. The number of aryl methyl sites for hydroxylation is 1. The van der Waals surface area contributed by atoms with Crippen molar-refractivity contribution < 1.29 is 13.7 Å². The number of hydrogen-bond donors (Lipinski definition) is 1. The zero-order valence-corrected chi connectivity index (χ0v) is 13.6. The third kappa shape index (κ3) is 3.05. The Balaban J connectivity index is 2.10. The predicted molar refractivity (Wildman–Crippen MR) is 86.9 cm³/mol. The van der Waals surface area contributed by atoms with Gasteiger partial charge >= 0.3 is 6.03 Å². The molecule has 7 heteroatoms. The van der Waals surface area contributed by atoms with Gasteiger partial charge in [-0.15, -0.1) is 0 Å². The molecule has 0 spiro atoms. The van der Waals surface area contributed by atoms with Crippen LogP contribution in [0, 0.1) is 12.7 Å². The SMILES string of the molecule is Cc1nocc1-c1cc(-c2ccc(F)cc2)nn1C(=O)NC(C)C. The maximum absolute atomic E-state index is 13.1. The Morgan fingerprint density at radius 2 is 2.00 bits per heavy atom. The van der Waals surface area contributed by atoms with Gasteiger partial charge in [0.05, 0.1) is 22.6 Å². The number of nitrogens with one attached hydrogen (secondary N) is 1. The zero-order chi connectivity index (χ0) is 17.3. The Labute approximate surface area is 138 Å². The van der Waals surface area contributed by atoms with Crippen molar-refractivity contribution in [1.82, 2.24) is 20.3 Å². The van der Waals surface area contributed by atoms with Crippen LogP contribution in [-0.4, -0.2) is 27.0 Å². The monoisotopic (exact) mass is 328 g/mol. The summed E-state index contributed by atoms with van der Waals surface area (Å²) in [6, 6.07) is 7.31. The Morgan fingerprint density at radius 1 is 1.29 bits per heavy atom. The van der Waals surface area contributed by atoms with E-state index < -0.39 is 0 Å². The molecule has 24 heavy (non-hydrogen) atoms. The molecule has 2 heterocycles. The lowest BCUT2D eigenvalue weighted by Gasteiger charge is -2.09. The normalized spacial score (nSPS) is 11.0. The van der Waals surface area contributed by atoms with Crippen molar-refractivity contribution in [3.05, 3.63) is 48.1 Å². The van der Waals surface area contributed by atoms with E-state index >= 15 is 0 Å². The number of hydrogen-bond acceptors (Lipinski definition) is 4. The molecule has 1 amide bonds. The smallest absolute Gasteiger partial charge is 0.342 e. The highest BCUT2D eigenvalue weighted by atomic mass is 19.1. The summed E-state index contributed by atoms with van der Waals surface area (Å²) < 4.78 is 19.4. The molecular weight excluding hydrogens is 311 g/mol. The summed E-state index contributed by atoms with van der Waals surface area (Å²) in [5, 5.41) is 11.0. The molecule has 0 saturated carbocycles. The van der Waals surface area contributed by atoms with Gasteiger partial charge in [-0.3, -0.25) is 0 Å². The van der Waals surface area contributed by atoms with Crippen LogP contribution in [0.3, 0.4) is 0 Å². The van der Waals surface area contributed by atoms with Crippen LogP contribution >= 0.6 is 0 Å². The summed E-state index contributed by atoms with van der Waals surface area (Å²) in [6.45, 7) is 5.52. The summed E-state index contributed by atoms with van der Waals surface area (Å²) in [7, 11) is 0. The van der Waals surface area contributed by atoms with Crippen molar-refractivity contribution in [2.75, 3.05) is 0 Å². The maximum atomic E-state index is 13.1. The van der Waals surface area contributed by atoms with E-state index in [0.29, 0.717) is 28.2 Å². The fourth-order valence-corrected chi connectivity index (χ4v) is 2.34. The summed E-state index contributed by atoms with van der Waals surface area (Å²) in [5.41, 5.74) is 3.16. The third-order valence-electron chi connectivity index (χ3n) is 3.48. The maximum Gasteiger partial charge on any atom is 0.342 e. The number of nitrogens with zero attached hydrogens (tertiary/aromatic N) is 3. The zero-order valence-electron chi connectivity index (χ0n) is 13.6. The molecule has 0 aliphatic heterocycles. The molecule has 2 aromatic heterocycles. The van der Waals surface area contributed by atoms with Gasteiger partial charge in [0.25, 0.3) is 0 Å². The quantitative estimate of drug-likeness (QED) is 0.797. The molecule has 0 aliphatic rings. The van der Waals surface area contributed by atoms with Crippen LogP contribution < -0.4 is 5.32 Å². The highest BCUT2D eigenvalue weighted by molar-refractivity contribution is 5.84. The van der Waals surface area contributed by atoms with E-state index in [-0.39, 0.29) is 17.9 Å². The Bertz CT molecular complexity index is 865. The number of aromatic nitrogens is 3. The Morgan fingerprint density at radius 3 is 2.58 bits per heavy atom. The van der Waals surface area contributed by atoms with Gasteiger partial charge in [0.15, 0.2) is 0 Å². The number of halogens is 1. The van der Waals surface area contributed by atoms with Gasteiger partial charge in [-0.05, 0) is 51.1 Å². The average Bonchev–Trinajstić information content (AvgIpc) is 3.13. The topological polar surface area (TPSA) is 73.0 Å². The lowest BCUT2D eigenvalue weighted by molar-refractivity contribution is 0.237. The van der Waals surface area contributed by atoms with E-state index in [0.717, 1.165) is 0 Å². The molecular formula is C17H17FN4O2. The minimum absolute atomic E-state index is 0.0348. The number of carbonyl (C=O) groups excluding carboxylic acids is 1. The molecule has 1 aromatic carbocycles. The van der Waals surface area contributed by atoms with Gasteiger partial charge in [0.2, 0.25) is 0 Å². The molecule has 6 nitrogen and oxygen atoms in total. The molecule has 0 atom stereocenters. The second-order valence-corrected chi connectivity index (χ2v) is 5.75. The number of amides is 1. The van der Waals surface area contributed by atoms with Crippen LogP contribution in [-0.2, 0) is 0 Å². The molecule has 1 N–H and O–H groups in total. The molecule has 124 valence electrons. The van der Waals surface area contributed by atoms with Crippen LogP contribution in [0.1, 0.15) is 19.5 Å². The van der Waals surface area contributed by atoms with Gasteiger partial charge in [-0.1, -0.05) is 5.16 Å². The lowest BCUT2D eigenvalue weighted by Crippen LogP contribution is -2.35. The van der Waals surface area contributed by atoms with Gasteiger partial charge in [-0.25, -0.2) is 9.18 Å². The van der Waals surface area contributed by atoms with Gasteiger partial charge in [0, 0.05) is 11.6 Å². The minimum atomic E-state index is -0.353. The van der Waals surface area contributed by atoms with Crippen molar-refractivity contribution >= 4 is 6.03 Å². The average molecular weight is 328 g/mol. The lowest BCUT2D eigenvalue weighted by atomic mass is 10.1. The first-order valence-electron chi connectivity index (χ1n) is 7.54. The standard InChI is InChI=1S/C17H17FN4O2/c1-10(2)19-17(23)22-16(14-9-24-21-11(14)3)8-15(20-22)12-4-6-13(18)7-5-12/h4-10H,1-3H3,(H,19,23). The van der Waals surface area contributed by atoms with Crippen molar-refractivity contribution in [3.8, 4) is 22.5 Å². The minimum Gasteiger partial charge on any atom is -0.364 e. The number of carbonyl (C=O) groups is 1. The van der Waals surface area contributed by atoms with Crippen LogP contribution in [0.15, 0.2) is 41.1 Å². The summed E-state index contributed by atoms with van der Waals surface area (Å²) in [6.07, 6.45) is 1.47. The van der Waals surface area contributed by atoms with Crippen LogP contribution in [0.2, 0.25) is 0 Å². The number of benzene rings is 1. The van der Waals surface area contributed by atoms with Gasteiger partial charge in [-0.2, -0.15) is 9.78 Å². The summed E-state index contributed by atoms with van der Waals surface area (Å²) >= 11 is 0. The second kappa shape index (κ2) is 6.27. The van der Waals surface area contributed by atoms with Crippen molar-refractivity contribution in [3.63, 3.8) is 0 Å². The highest BCUT2D eigenvalue weighted by Gasteiger charge is 2.20. The first-order valence-corrected chi connectivity index (χ1v) is 7.54. The van der Waals surface area contributed by atoms with Crippen LogP contribution in [0.5, 0.6) is 0 Å². The molecule has 0 aliphatic carbocycles. The van der Waals surface area contributed by atoms with Crippen LogP contribution in [0.4, 0.5) is 9.18 Å². The molecule has 0 unspecified atom stereocenters. The van der Waals surface area contributed by atoms with Gasteiger partial charge in [0.1, 0.15) is 12.1 Å². The predicted octanol–water partition coefficient (Wildman–Crippen LogP) is 3.62. The molecule has 0 radical (unpaired) electrons. The van der Waals surface area contributed by atoms with E-state index in [4.69, 9.17) is 4.52 Å². The molecule has 3 rings (SSSR count). The third-order valence-corrected chi connectivity index (χ3v) is 3.48. The highest BCUT2D eigenvalue weighted by Crippen LogP contribution is 2.28. The molecule has 0 fully saturated rings. The van der Waals surface area contributed by atoms with E-state index in [1.54, 1.807) is 25.1 Å².